The van der Waals surface area contributed by atoms with E-state index in [1.54, 1.807) is 6.07 Å². The largest absolute Gasteiger partial charge is 0.309 e. The van der Waals surface area contributed by atoms with Crippen LogP contribution in [0.2, 0.25) is 10.0 Å². The summed E-state index contributed by atoms with van der Waals surface area (Å²) in [5.74, 6) is 0. The van der Waals surface area contributed by atoms with Gasteiger partial charge in [-0.05, 0) is 45.4 Å². The summed E-state index contributed by atoms with van der Waals surface area (Å²) in [6, 6.07) is 5.96. The number of allylic oxidation sites excluding steroid dienone is 2. The third-order valence-corrected chi connectivity index (χ3v) is 5.60. The van der Waals surface area contributed by atoms with Crippen LogP contribution >= 0.6 is 35.0 Å². The van der Waals surface area contributed by atoms with Gasteiger partial charge in [-0.15, -0.1) is 0 Å². The zero-order valence-corrected chi connectivity index (χ0v) is 17.2. The SMILES string of the molecule is C=C(Sc1cccc(Cl)c1Cl)C(C)=N/C(=C\C)C1CCCN1.CC. The van der Waals surface area contributed by atoms with Crippen LogP contribution < -0.4 is 5.32 Å². The van der Waals surface area contributed by atoms with Crippen LogP contribution in [0.5, 0.6) is 0 Å². The molecule has 1 N–H and O–H groups in total. The van der Waals surface area contributed by atoms with E-state index >= 15 is 0 Å². The number of nitrogens with zero attached hydrogens (tertiary/aromatic N) is 1. The summed E-state index contributed by atoms with van der Waals surface area (Å²) in [6.45, 7) is 13.2. The molecule has 0 aromatic heterocycles. The number of benzene rings is 1. The Kier molecular flexibility index (Phi) is 9.75. The molecule has 0 amide bonds. The average Bonchev–Trinajstić information content (AvgIpc) is 3.12. The Hall–Kier alpha value is -0.740. The zero-order chi connectivity index (χ0) is 18.1. The maximum Gasteiger partial charge on any atom is 0.0731 e. The lowest BCUT2D eigenvalue weighted by Crippen LogP contribution is -2.23. The van der Waals surface area contributed by atoms with Crippen LogP contribution in [0.4, 0.5) is 0 Å². The molecule has 1 aliphatic rings. The Labute approximate surface area is 160 Å². The lowest BCUT2D eigenvalue weighted by molar-refractivity contribution is 0.681. The Bertz CT molecular complexity index is 618. The molecule has 24 heavy (non-hydrogen) atoms. The van der Waals surface area contributed by atoms with Gasteiger partial charge in [-0.3, -0.25) is 4.99 Å². The lowest BCUT2D eigenvalue weighted by atomic mass is 10.1. The monoisotopic (exact) mass is 384 g/mol. The Morgan fingerprint density at radius 3 is 2.67 bits per heavy atom. The molecule has 0 aliphatic carbocycles. The van der Waals surface area contributed by atoms with E-state index in [1.165, 1.54) is 18.2 Å². The highest BCUT2D eigenvalue weighted by Crippen LogP contribution is 2.36. The Balaban J connectivity index is 0.00000139. The minimum absolute atomic E-state index is 0.354. The first-order valence-electron chi connectivity index (χ1n) is 8.29. The van der Waals surface area contributed by atoms with E-state index in [0.29, 0.717) is 16.1 Å². The summed E-state index contributed by atoms with van der Waals surface area (Å²) in [6.07, 6.45) is 4.40. The highest BCUT2D eigenvalue weighted by Gasteiger charge is 2.18. The topological polar surface area (TPSA) is 24.4 Å². The minimum atomic E-state index is 0.354. The van der Waals surface area contributed by atoms with Crippen molar-refractivity contribution in [3.63, 3.8) is 0 Å². The summed E-state index contributed by atoms with van der Waals surface area (Å²) >= 11 is 13.8. The standard InChI is InChI=1S/C17H20Cl2N2S.C2H6/c1-4-14(15-8-6-10-20-15)21-11(2)12(3)22-16-9-5-7-13(18)17(16)19;1-2/h4-5,7,9,15,20H,3,6,8,10H2,1-2H3;1-2H3/b14-4-,21-11?;. The fourth-order valence-corrected chi connectivity index (χ4v) is 3.58. The quantitative estimate of drug-likeness (QED) is 0.448. The van der Waals surface area contributed by atoms with E-state index in [-0.39, 0.29) is 0 Å². The van der Waals surface area contributed by atoms with Crippen molar-refractivity contribution in [2.75, 3.05) is 6.54 Å². The number of halogens is 2. The molecule has 132 valence electrons. The maximum absolute atomic E-state index is 6.22. The fourth-order valence-electron chi connectivity index (χ4n) is 2.31. The van der Waals surface area contributed by atoms with Crippen molar-refractivity contribution in [2.45, 2.75) is 51.5 Å². The van der Waals surface area contributed by atoms with Crippen LogP contribution in [0.15, 0.2) is 51.3 Å². The number of thioether (sulfide) groups is 1. The summed E-state index contributed by atoms with van der Waals surface area (Å²) in [4.78, 5) is 6.52. The van der Waals surface area contributed by atoms with Crippen molar-refractivity contribution < 1.29 is 0 Å². The van der Waals surface area contributed by atoms with Gasteiger partial charge in [-0.2, -0.15) is 0 Å². The zero-order valence-electron chi connectivity index (χ0n) is 14.8. The summed E-state index contributed by atoms with van der Waals surface area (Å²) < 4.78 is 0. The first-order chi connectivity index (χ1) is 11.5. The average molecular weight is 385 g/mol. The van der Waals surface area contributed by atoms with Crippen LogP contribution in [0.25, 0.3) is 0 Å². The van der Waals surface area contributed by atoms with Crippen molar-refractivity contribution in [3.8, 4) is 0 Å². The van der Waals surface area contributed by atoms with Gasteiger partial charge in [0.1, 0.15) is 0 Å². The molecular formula is C19H26Cl2N2S. The normalized spacial score (nSPS) is 18.2. The molecule has 1 unspecified atom stereocenters. The van der Waals surface area contributed by atoms with Gasteiger partial charge in [0.25, 0.3) is 0 Å². The van der Waals surface area contributed by atoms with E-state index in [4.69, 9.17) is 28.2 Å². The summed E-state index contributed by atoms with van der Waals surface area (Å²) in [5, 5.41) is 4.58. The molecule has 5 heteroatoms. The molecule has 0 spiro atoms. The molecule has 0 radical (unpaired) electrons. The van der Waals surface area contributed by atoms with Crippen molar-refractivity contribution in [1.82, 2.24) is 5.32 Å². The first kappa shape index (κ1) is 21.3. The smallest absolute Gasteiger partial charge is 0.0731 e. The van der Waals surface area contributed by atoms with Crippen LogP contribution in [-0.2, 0) is 0 Å². The number of nitrogens with one attached hydrogen (secondary N) is 1. The molecule has 1 fully saturated rings. The molecule has 1 atom stereocenters. The first-order valence-corrected chi connectivity index (χ1v) is 9.86. The van der Waals surface area contributed by atoms with Gasteiger partial charge >= 0.3 is 0 Å². The predicted octanol–water partition coefficient (Wildman–Crippen LogP) is 6.74. The van der Waals surface area contributed by atoms with E-state index in [1.807, 2.05) is 39.8 Å². The van der Waals surface area contributed by atoms with Crippen LogP contribution in [0.1, 0.15) is 40.5 Å². The van der Waals surface area contributed by atoms with Crippen molar-refractivity contribution in [1.29, 1.82) is 0 Å². The predicted molar refractivity (Wildman–Crippen MR) is 111 cm³/mol. The molecule has 0 bridgehead atoms. The van der Waals surface area contributed by atoms with Gasteiger partial charge < -0.3 is 5.32 Å². The molecule has 0 saturated carbocycles. The van der Waals surface area contributed by atoms with Crippen molar-refractivity contribution in [3.05, 3.63) is 51.5 Å². The fraction of sp³-hybridized carbons (Fsp3) is 0.421. The van der Waals surface area contributed by atoms with Gasteiger partial charge in [-0.1, -0.05) is 67.5 Å². The molecule has 1 aromatic rings. The molecule has 1 heterocycles. The van der Waals surface area contributed by atoms with Crippen LogP contribution in [0, 0.1) is 0 Å². The van der Waals surface area contributed by atoms with Gasteiger partial charge in [0, 0.05) is 15.8 Å². The number of aliphatic imine (C=N–C) groups is 1. The van der Waals surface area contributed by atoms with E-state index < -0.39 is 0 Å². The van der Waals surface area contributed by atoms with Gasteiger partial charge in [0.15, 0.2) is 0 Å². The highest BCUT2D eigenvalue weighted by molar-refractivity contribution is 8.04. The summed E-state index contributed by atoms with van der Waals surface area (Å²) in [7, 11) is 0. The van der Waals surface area contributed by atoms with Gasteiger partial charge in [0.2, 0.25) is 0 Å². The second kappa shape index (κ2) is 11.0. The number of rotatable bonds is 5. The maximum atomic E-state index is 6.22. The third kappa shape index (κ3) is 5.96. The van der Waals surface area contributed by atoms with E-state index in [2.05, 4.69) is 18.0 Å². The van der Waals surface area contributed by atoms with Crippen LogP contribution in [-0.4, -0.2) is 18.3 Å². The Morgan fingerprint density at radius 1 is 1.38 bits per heavy atom. The van der Waals surface area contributed by atoms with Gasteiger partial charge in [0.05, 0.1) is 21.5 Å². The van der Waals surface area contributed by atoms with Crippen molar-refractivity contribution >= 4 is 40.7 Å². The molecule has 2 nitrogen and oxygen atoms in total. The highest BCUT2D eigenvalue weighted by atomic mass is 35.5. The Morgan fingerprint density at radius 2 is 2.08 bits per heavy atom. The third-order valence-electron chi connectivity index (χ3n) is 3.56. The van der Waals surface area contributed by atoms with E-state index in [9.17, 15) is 0 Å². The van der Waals surface area contributed by atoms with Crippen LogP contribution in [0.3, 0.4) is 0 Å². The van der Waals surface area contributed by atoms with Gasteiger partial charge in [-0.25, -0.2) is 0 Å². The summed E-state index contributed by atoms with van der Waals surface area (Å²) in [5.41, 5.74) is 1.98. The number of hydrogen-bond donors (Lipinski definition) is 1. The second-order valence-electron chi connectivity index (χ2n) is 5.14. The molecule has 1 aliphatic heterocycles. The molecular weight excluding hydrogens is 359 g/mol. The molecule has 1 saturated heterocycles. The lowest BCUT2D eigenvalue weighted by Gasteiger charge is -2.13. The number of hydrogen-bond acceptors (Lipinski definition) is 3. The minimum Gasteiger partial charge on any atom is -0.309 e. The van der Waals surface area contributed by atoms with E-state index in [0.717, 1.165) is 34.2 Å². The molecule has 1 aromatic carbocycles. The van der Waals surface area contributed by atoms with Crippen molar-refractivity contribution in [2.24, 2.45) is 4.99 Å². The molecule has 2 rings (SSSR count). The second-order valence-corrected chi connectivity index (χ2v) is 7.06.